The molecule has 1 unspecified atom stereocenters. The average Bonchev–Trinajstić information content (AvgIpc) is 2.53. The molecule has 3 nitrogen and oxygen atoms in total. The number of rotatable bonds is 2. The highest BCUT2D eigenvalue weighted by molar-refractivity contribution is 6.29. The Morgan fingerprint density at radius 1 is 1.62 bits per heavy atom. The molecule has 1 aliphatic rings. The van der Waals surface area contributed by atoms with E-state index in [1.54, 1.807) is 0 Å². The molecule has 0 amide bonds. The summed E-state index contributed by atoms with van der Waals surface area (Å²) in [6, 6.07) is 1.91. The van der Waals surface area contributed by atoms with Gasteiger partial charge >= 0.3 is 0 Å². The van der Waals surface area contributed by atoms with Crippen molar-refractivity contribution in [3.63, 3.8) is 0 Å². The largest absolute Gasteiger partial charge is 0.316 e. The zero-order valence-corrected chi connectivity index (χ0v) is 8.27. The predicted octanol–water partition coefficient (Wildman–Crippen LogP) is 1.61. The molecule has 1 fully saturated rings. The molecule has 72 valence electrons. The summed E-state index contributed by atoms with van der Waals surface area (Å²) >= 11 is 5.72. The van der Waals surface area contributed by atoms with E-state index in [-0.39, 0.29) is 0 Å². The van der Waals surface area contributed by atoms with Gasteiger partial charge in [0.1, 0.15) is 0 Å². The summed E-state index contributed by atoms with van der Waals surface area (Å²) in [6.07, 6.45) is 3.66. The molecule has 1 aromatic heterocycles. The highest BCUT2D eigenvalue weighted by atomic mass is 35.5. The molecule has 2 rings (SSSR count). The summed E-state index contributed by atoms with van der Waals surface area (Å²) in [5, 5.41) is 10.8. The number of halogens is 1. The smallest absolute Gasteiger partial charge is 0.151 e. The summed E-state index contributed by atoms with van der Waals surface area (Å²) in [5.41, 5.74) is 1.15. The van der Waals surface area contributed by atoms with E-state index in [4.69, 9.17) is 11.6 Å². The van der Waals surface area contributed by atoms with Crippen LogP contribution in [-0.4, -0.2) is 23.3 Å². The van der Waals surface area contributed by atoms with E-state index < -0.39 is 0 Å². The van der Waals surface area contributed by atoms with Crippen molar-refractivity contribution in [2.45, 2.75) is 19.3 Å². The average molecular weight is 200 g/mol. The van der Waals surface area contributed by atoms with Gasteiger partial charge in [0.2, 0.25) is 0 Å². The quantitative estimate of drug-likeness (QED) is 0.760. The van der Waals surface area contributed by atoms with Gasteiger partial charge in [0.05, 0.1) is 0 Å². The number of aromatic nitrogens is 2. The van der Waals surface area contributed by atoms with Crippen LogP contribution in [0.1, 0.15) is 18.5 Å². The van der Waals surface area contributed by atoms with E-state index in [1.807, 2.05) is 6.07 Å². The second-order valence-electron chi connectivity index (χ2n) is 3.63. The van der Waals surface area contributed by atoms with Gasteiger partial charge in [-0.05, 0) is 44.3 Å². The highest BCUT2D eigenvalue weighted by Crippen LogP contribution is 2.16. The lowest BCUT2D eigenvalue weighted by atomic mass is 9.95. The van der Waals surface area contributed by atoms with E-state index in [9.17, 15) is 0 Å². The van der Waals surface area contributed by atoms with Crippen LogP contribution in [-0.2, 0) is 6.42 Å². The van der Waals surface area contributed by atoms with Gasteiger partial charge in [0, 0.05) is 5.69 Å². The molecule has 1 saturated heterocycles. The number of hydrogen-bond donors (Lipinski definition) is 2. The Labute approximate surface area is 82.9 Å². The Morgan fingerprint density at radius 3 is 3.15 bits per heavy atom. The van der Waals surface area contributed by atoms with Crippen molar-refractivity contribution in [2.24, 2.45) is 5.92 Å². The van der Waals surface area contributed by atoms with Crippen LogP contribution in [0.2, 0.25) is 5.15 Å². The summed E-state index contributed by atoms with van der Waals surface area (Å²) < 4.78 is 0. The third kappa shape index (κ3) is 2.45. The number of aromatic amines is 1. The Bertz CT molecular complexity index is 266. The third-order valence-electron chi connectivity index (χ3n) is 2.51. The lowest BCUT2D eigenvalue weighted by molar-refractivity contribution is 0.373. The number of nitrogens with one attached hydrogen (secondary N) is 2. The fourth-order valence-electron chi connectivity index (χ4n) is 1.85. The van der Waals surface area contributed by atoms with Crippen LogP contribution < -0.4 is 5.32 Å². The first kappa shape index (κ1) is 9.03. The molecule has 1 atom stereocenters. The Hall–Kier alpha value is -0.540. The minimum absolute atomic E-state index is 0.568. The van der Waals surface area contributed by atoms with Gasteiger partial charge in [-0.25, -0.2) is 0 Å². The summed E-state index contributed by atoms with van der Waals surface area (Å²) in [6.45, 7) is 2.29. The number of nitrogens with zero attached hydrogens (tertiary/aromatic N) is 1. The monoisotopic (exact) mass is 199 g/mol. The summed E-state index contributed by atoms with van der Waals surface area (Å²) in [7, 11) is 0. The van der Waals surface area contributed by atoms with Crippen molar-refractivity contribution < 1.29 is 0 Å². The molecule has 0 aromatic carbocycles. The van der Waals surface area contributed by atoms with Crippen LogP contribution in [0.25, 0.3) is 0 Å². The predicted molar refractivity (Wildman–Crippen MR) is 52.9 cm³/mol. The molecule has 0 aliphatic carbocycles. The third-order valence-corrected chi connectivity index (χ3v) is 2.70. The SMILES string of the molecule is Clc1cc(CC2CCCNC2)[nH]n1. The van der Waals surface area contributed by atoms with Gasteiger partial charge in [0.15, 0.2) is 5.15 Å². The standard InChI is InChI=1S/C9H14ClN3/c10-9-5-8(12-13-9)4-7-2-1-3-11-6-7/h5,7,11H,1-4,6H2,(H,12,13). The molecule has 4 heteroatoms. The molecule has 0 saturated carbocycles. The maximum absolute atomic E-state index is 5.72. The minimum Gasteiger partial charge on any atom is -0.316 e. The molecule has 0 radical (unpaired) electrons. The second-order valence-corrected chi connectivity index (χ2v) is 4.02. The molecular weight excluding hydrogens is 186 g/mol. The van der Waals surface area contributed by atoms with E-state index >= 15 is 0 Å². The zero-order valence-electron chi connectivity index (χ0n) is 7.52. The number of hydrogen-bond acceptors (Lipinski definition) is 2. The van der Waals surface area contributed by atoms with Crippen molar-refractivity contribution in [2.75, 3.05) is 13.1 Å². The molecule has 2 heterocycles. The van der Waals surface area contributed by atoms with Crippen molar-refractivity contribution >= 4 is 11.6 Å². The van der Waals surface area contributed by atoms with E-state index in [1.165, 1.54) is 19.4 Å². The highest BCUT2D eigenvalue weighted by Gasteiger charge is 2.14. The Balaban J connectivity index is 1.89. The van der Waals surface area contributed by atoms with Crippen LogP contribution in [0.3, 0.4) is 0 Å². The second kappa shape index (κ2) is 4.11. The van der Waals surface area contributed by atoms with E-state index in [2.05, 4.69) is 15.5 Å². The molecule has 1 aromatic rings. The molecule has 2 N–H and O–H groups in total. The number of H-pyrrole nitrogens is 1. The molecule has 0 spiro atoms. The summed E-state index contributed by atoms with van der Waals surface area (Å²) in [4.78, 5) is 0. The van der Waals surface area contributed by atoms with Crippen molar-refractivity contribution in [1.29, 1.82) is 0 Å². The van der Waals surface area contributed by atoms with Gasteiger partial charge in [-0.15, -0.1) is 0 Å². The Kier molecular flexibility index (Phi) is 2.86. The molecular formula is C9H14ClN3. The van der Waals surface area contributed by atoms with Crippen LogP contribution >= 0.6 is 11.6 Å². The first-order chi connectivity index (χ1) is 6.34. The van der Waals surface area contributed by atoms with Crippen molar-refractivity contribution in [3.8, 4) is 0 Å². The van der Waals surface area contributed by atoms with Crippen LogP contribution in [0, 0.1) is 5.92 Å². The lowest BCUT2D eigenvalue weighted by Crippen LogP contribution is -2.30. The van der Waals surface area contributed by atoms with Crippen LogP contribution in [0.5, 0.6) is 0 Å². The fourth-order valence-corrected chi connectivity index (χ4v) is 2.02. The van der Waals surface area contributed by atoms with E-state index in [0.29, 0.717) is 5.15 Å². The first-order valence-electron chi connectivity index (χ1n) is 4.75. The van der Waals surface area contributed by atoms with Gasteiger partial charge in [-0.3, -0.25) is 5.10 Å². The number of piperidine rings is 1. The van der Waals surface area contributed by atoms with Gasteiger partial charge < -0.3 is 5.32 Å². The normalized spacial score (nSPS) is 23.3. The molecule has 0 bridgehead atoms. The maximum atomic E-state index is 5.72. The lowest BCUT2D eigenvalue weighted by Gasteiger charge is -2.21. The molecule has 1 aliphatic heterocycles. The van der Waals surface area contributed by atoms with Gasteiger partial charge in [-0.1, -0.05) is 11.6 Å². The first-order valence-corrected chi connectivity index (χ1v) is 5.13. The summed E-state index contributed by atoms with van der Waals surface area (Å²) in [5.74, 6) is 0.741. The van der Waals surface area contributed by atoms with Crippen molar-refractivity contribution in [3.05, 3.63) is 16.9 Å². The Morgan fingerprint density at radius 2 is 2.54 bits per heavy atom. The minimum atomic E-state index is 0.568. The van der Waals surface area contributed by atoms with Crippen molar-refractivity contribution in [1.82, 2.24) is 15.5 Å². The van der Waals surface area contributed by atoms with Crippen LogP contribution in [0.4, 0.5) is 0 Å². The molecule has 13 heavy (non-hydrogen) atoms. The maximum Gasteiger partial charge on any atom is 0.151 e. The fraction of sp³-hybridized carbons (Fsp3) is 0.667. The van der Waals surface area contributed by atoms with Gasteiger partial charge in [-0.2, -0.15) is 5.10 Å². The van der Waals surface area contributed by atoms with Crippen LogP contribution in [0.15, 0.2) is 6.07 Å². The van der Waals surface area contributed by atoms with E-state index in [0.717, 1.165) is 24.6 Å². The van der Waals surface area contributed by atoms with Gasteiger partial charge in [0.25, 0.3) is 0 Å². The topological polar surface area (TPSA) is 40.7 Å². The zero-order chi connectivity index (χ0) is 9.10.